The van der Waals surface area contributed by atoms with E-state index in [1.165, 1.54) is 13.8 Å². The minimum Gasteiger partial charge on any atom is -0.497 e. The molecule has 1 amide bonds. The van der Waals surface area contributed by atoms with Crippen LogP contribution in [0.5, 0.6) is 5.75 Å². The van der Waals surface area contributed by atoms with Crippen LogP contribution in [0.1, 0.15) is 119 Å². The Morgan fingerprint density at radius 3 is 1.91 bits per heavy atom. The van der Waals surface area contributed by atoms with Gasteiger partial charge in [-0.15, -0.1) is 0 Å². The van der Waals surface area contributed by atoms with Crippen molar-refractivity contribution in [3.05, 3.63) is 149 Å². The quantitative estimate of drug-likeness (QED) is 0.0493. The first-order valence-corrected chi connectivity index (χ1v) is 29.6. The number of ether oxygens (including phenoxy) is 8. The van der Waals surface area contributed by atoms with Crippen molar-refractivity contribution in [1.82, 2.24) is 5.32 Å². The molecule has 2 saturated heterocycles. The van der Waals surface area contributed by atoms with Gasteiger partial charge in [-0.3, -0.25) is 14.4 Å². The van der Waals surface area contributed by atoms with E-state index in [2.05, 4.69) is 5.32 Å². The lowest BCUT2D eigenvalue weighted by Crippen LogP contribution is -2.80. The second kappa shape index (κ2) is 21.1. The van der Waals surface area contributed by atoms with Gasteiger partial charge in [-0.2, -0.15) is 0 Å². The number of nitrogens with one attached hydrogen (secondary N) is 1. The first kappa shape index (κ1) is 56.5. The number of fused-ring (bicyclic) bond motifs is 3. The molecule has 17 heteroatoms. The summed E-state index contributed by atoms with van der Waals surface area (Å²) in [6, 6.07) is 32.2. The number of amides is 1. The van der Waals surface area contributed by atoms with E-state index in [4.69, 9.17) is 42.3 Å². The predicted octanol–water partition coefficient (Wildman–Crippen LogP) is 9.33. The van der Waals surface area contributed by atoms with Gasteiger partial charge >= 0.3 is 23.9 Å². The topological polar surface area (TPSA) is 201 Å². The number of hydrogen-bond donors (Lipinski definition) is 2. The van der Waals surface area contributed by atoms with Crippen LogP contribution in [0.4, 0.5) is 0 Å². The minimum absolute atomic E-state index is 0.128. The lowest BCUT2D eigenvalue weighted by atomic mass is 9.49. The van der Waals surface area contributed by atoms with Crippen LogP contribution in [0, 0.1) is 16.7 Å². The van der Waals surface area contributed by atoms with Crippen molar-refractivity contribution < 1.29 is 71.4 Å². The van der Waals surface area contributed by atoms with Crippen LogP contribution in [-0.2, 0) is 52.0 Å². The zero-order valence-corrected chi connectivity index (χ0v) is 47.5. The van der Waals surface area contributed by atoms with Crippen LogP contribution in [0.3, 0.4) is 0 Å². The van der Waals surface area contributed by atoms with E-state index in [9.17, 15) is 19.5 Å². The summed E-state index contributed by atoms with van der Waals surface area (Å²) < 4.78 is 60.3. The van der Waals surface area contributed by atoms with Crippen LogP contribution in [0.15, 0.2) is 126 Å². The summed E-state index contributed by atoms with van der Waals surface area (Å²) in [5, 5.41) is 16.1. The molecule has 5 aliphatic rings. The first-order chi connectivity index (χ1) is 36.8. The normalized spacial score (nSPS) is 30.1. The van der Waals surface area contributed by atoms with Gasteiger partial charge in [0.2, 0.25) is 0 Å². The lowest BCUT2D eigenvalue weighted by molar-refractivity contribution is -0.401. The average Bonchev–Trinajstić information content (AvgIpc) is 3.62. The number of hydrogen-bond acceptors (Lipinski definition) is 15. The summed E-state index contributed by atoms with van der Waals surface area (Å²) in [6.07, 6.45) is -9.47. The van der Waals surface area contributed by atoms with Crippen LogP contribution in [0.2, 0.25) is 18.1 Å². The maximum Gasteiger partial charge on any atom is 0.338 e. The second-order valence-electron chi connectivity index (χ2n) is 23.7. The van der Waals surface area contributed by atoms with Crippen molar-refractivity contribution in [1.29, 1.82) is 0 Å². The fourth-order valence-electron chi connectivity index (χ4n) is 12.8. The van der Waals surface area contributed by atoms with Gasteiger partial charge in [0, 0.05) is 43.2 Å². The number of esters is 4. The third-order valence-corrected chi connectivity index (χ3v) is 22.1. The number of aliphatic hydroxyl groups is 1. The molecule has 78 heavy (non-hydrogen) atoms. The molecular weight excluding hydrogens is 1010 g/mol. The molecular formula is C61H73NO15Si. The molecule has 0 spiro atoms. The van der Waals surface area contributed by atoms with E-state index in [-0.39, 0.29) is 30.6 Å². The molecule has 416 valence electrons. The van der Waals surface area contributed by atoms with E-state index in [0.717, 1.165) is 0 Å². The van der Waals surface area contributed by atoms with E-state index >= 15 is 9.59 Å². The van der Waals surface area contributed by atoms with Crippen molar-refractivity contribution in [3.63, 3.8) is 0 Å². The molecule has 9 rings (SSSR count). The minimum atomic E-state index is -2.92. The Morgan fingerprint density at radius 2 is 1.37 bits per heavy atom. The van der Waals surface area contributed by atoms with Gasteiger partial charge in [0.05, 0.1) is 48.4 Å². The summed E-state index contributed by atoms with van der Waals surface area (Å²) in [5.74, 6) is -3.91. The average molecular weight is 1090 g/mol. The smallest absolute Gasteiger partial charge is 0.338 e. The Kier molecular flexibility index (Phi) is 15.3. The highest BCUT2D eigenvalue weighted by Crippen LogP contribution is 2.70. The Bertz CT molecular complexity index is 2920. The summed E-state index contributed by atoms with van der Waals surface area (Å²) in [4.78, 5) is 72.7. The van der Waals surface area contributed by atoms with Crippen LogP contribution < -0.4 is 10.1 Å². The molecule has 0 bridgehead atoms. The van der Waals surface area contributed by atoms with Gasteiger partial charge in [0.15, 0.2) is 32.4 Å². The van der Waals surface area contributed by atoms with E-state index in [1.807, 2.05) is 71.1 Å². The number of carbonyl (C=O) groups is 5. The molecule has 4 aromatic carbocycles. The Morgan fingerprint density at radius 1 is 0.769 bits per heavy atom. The highest BCUT2D eigenvalue weighted by atomic mass is 28.4. The number of benzene rings is 4. The zero-order chi connectivity index (χ0) is 56.3. The SMILES string of the molecule is COc1ccc(C2O[C@H]3C[C@H]4OC[C@@]4(OC(C)=O)[C@H]4[C@H](OC(=O)c5ccccc5)[C@]5(C(C)(C)O)C[C@H](OC(=O)[C@H](O[Si](C)(C)C(C)(C)C)[C@@H](NC(=O)c6ccccc6)c6ccccc6)C(C)=C5[C@H](OC(C)=O)[C@H](O2)[C@]34C)cc1. The predicted molar refractivity (Wildman–Crippen MR) is 288 cm³/mol. The maximum atomic E-state index is 15.8. The van der Waals surface area contributed by atoms with Gasteiger partial charge < -0.3 is 52.7 Å². The standard InChI is InChI=1S/C61H73NO15Si/c1-35-43(72-55(67)49(77-78(11,12)57(4,5)6)47(38-22-16-13-17-23-38)62-53(65)39-24-18-14-19-25-39)33-60(58(7,8)68)46(35)48(71-36(2)63)51-59(9)44(73-56(75-51)41-28-30-42(69-10)31-29-41)32-45-61(34-70-45,76-37(3)64)50(59)52(60)74-54(66)40-26-20-15-21-27-40/h13-31,43-45,47-52,56,68H,32-34H2,1-12H3,(H,62,65)/t43-,44-,45+,47-,48-,49+,50-,51-,52-,56?,59+,60-,61-/m0/s1. The van der Waals surface area contributed by atoms with Crippen LogP contribution in [-0.4, -0.2) is 111 Å². The van der Waals surface area contributed by atoms with Gasteiger partial charge in [-0.05, 0) is 92.0 Å². The lowest BCUT2D eigenvalue weighted by Gasteiger charge is -2.67. The molecule has 2 saturated carbocycles. The van der Waals surface area contributed by atoms with Crippen molar-refractivity contribution in [2.45, 2.75) is 160 Å². The third kappa shape index (κ3) is 9.88. The number of rotatable bonds is 15. The number of methoxy groups -OCH3 is 1. The Labute approximate surface area is 457 Å². The number of carbonyl (C=O) groups excluding carboxylic acids is 5. The summed E-state index contributed by atoms with van der Waals surface area (Å²) in [7, 11) is -1.36. The van der Waals surface area contributed by atoms with Crippen LogP contribution in [0.25, 0.3) is 0 Å². The summed E-state index contributed by atoms with van der Waals surface area (Å²) in [6.45, 7) is 19.4. The molecule has 2 heterocycles. The summed E-state index contributed by atoms with van der Waals surface area (Å²) >= 11 is 0. The van der Waals surface area contributed by atoms with Crippen molar-refractivity contribution in [2.24, 2.45) is 16.7 Å². The fraction of sp³-hybridized carbons (Fsp3) is 0.492. The van der Waals surface area contributed by atoms with Crippen molar-refractivity contribution in [2.75, 3.05) is 13.7 Å². The van der Waals surface area contributed by atoms with E-state index in [0.29, 0.717) is 28.0 Å². The van der Waals surface area contributed by atoms with E-state index < -0.39 is 126 Å². The highest BCUT2D eigenvalue weighted by Gasteiger charge is 2.81. The molecule has 4 fully saturated rings. The molecule has 1 unspecified atom stereocenters. The molecule has 2 aliphatic heterocycles. The van der Waals surface area contributed by atoms with Gasteiger partial charge in [0.25, 0.3) is 5.91 Å². The fourth-order valence-corrected chi connectivity index (χ4v) is 14.0. The molecule has 13 atom stereocenters. The van der Waals surface area contributed by atoms with E-state index in [1.54, 1.807) is 113 Å². The van der Waals surface area contributed by atoms with Crippen LogP contribution >= 0.6 is 0 Å². The molecule has 0 aromatic heterocycles. The molecule has 4 aromatic rings. The Balaban J connectivity index is 1.27. The molecule has 2 N–H and O–H groups in total. The first-order valence-electron chi connectivity index (χ1n) is 26.7. The summed E-state index contributed by atoms with van der Waals surface area (Å²) in [5.41, 5.74) is -4.28. The molecule has 16 nitrogen and oxygen atoms in total. The maximum absolute atomic E-state index is 15.8. The molecule has 0 radical (unpaired) electrons. The van der Waals surface area contributed by atoms with Gasteiger partial charge in [0.1, 0.15) is 30.2 Å². The highest BCUT2D eigenvalue weighted by molar-refractivity contribution is 6.74. The third-order valence-electron chi connectivity index (χ3n) is 17.6. The zero-order valence-electron chi connectivity index (χ0n) is 46.5. The van der Waals surface area contributed by atoms with Gasteiger partial charge in [-0.1, -0.05) is 107 Å². The Hall–Kier alpha value is -6.21. The van der Waals surface area contributed by atoms with Gasteiger partial charge in [-0.25, -0.2) is 9.59 Å². The second-order valence-corrected chi connectivity index (χ2v) is 28.5. The van der Waals surface area contributed by atoms with Crippen molar-refractivity contribution >= 4 is 38.1 Å². The largest absolute Gasteiger partial charge is 0.497 e. The monoisotopic (exact) mass is 1090 g/mol. The molecule has 3 aliphatic carbocycles. The van der Waals surface area contributed by atoms with Crippen molar-refractivity contribution in [3.8, 4) is 5.75 Å².